The Balaban J connectivity index is 2.02. The molecule has 1 saturated carbocycles. The number of amides is 1. The topological polar surface area (TPSA) is 46.3 Å². The van der Waals surface area contributed by atoms with Crippen LogP contribution in [0.1, 0.15) is 52.4 Å². The maximum atomic E-state index is 12.6. The third-order valence-corrected chi connectivity index (χ3v) is 4.54. The normalized spacial score (nSPS) is 39.1. The molecule has 0 radical (unpaired) electrons. The van der Waals surface area contributed by atoms with Crippen molar-refractivity contribution in [2.75, 3.05) is 6.54 Å². The molecule has 2 fully saturated rings. The SMILES string of the molecule is CC1CCC(C)N(C(=O)C2CCCCC2N)C1. The van der Waals surface area contributed by atoms with E-state index in [1.807, 2.05) is 0 Å². The number of nitrogens with zero attached hydrogens (tertiary/aromatic N) is 1. The molecule has 0 aromatic heterocycles. The van der Waals surface area contributed by atoms with Crippen LogP contribution >= 0.6 is 0 Å². The van der Waals surface area contributed by atoms with Crippen molar-refractivity contribution < 1.29 is 4.79 Å². The van der Waals surface area contributed by atoms with Crippen molar-refractivity contribution in [2.45, 2.75) is 64.5 Å². The molecule has 2 N–H and O–H groups in total. The van der Waals surface area contributed by atoms with Crippen LogP contribution < -0.4 is 5.73 Å². The lowest BCUT2D eigenvalue weighted by Gasteiger charge is -2.40. The third kappa shape index (κ3) is 2.82. The highest BCUT2D eigenvalue weighted by atomic mass is 16.2. The van der Waals surface area contributed by atoms with Crippen molar-refractivity contribution in [3.63, 3.8) is 0 Å². The molecule has 1 saturated heterocycles. The fraction of sp³-hybridized carbons (Fsp3) is 0.929. The van der Waals surface area contributed by atoms with E-state index in [2.05, 4.69) is 18.7 Å². The molecule has 0 spiro atoms. The summed E-state index contributed by atoms with van der Waals surface area (Å²) in [5, 5.41) is 0. The van der Waals surface area contributed by atoms with Crippen LogP contribution in [0, 0.1) is 11.8 Å². The first-order valence-corrected chi connectivity index (χ1v) is 7.15. The van der Waals surface area contributed by atoms with Crippen LogP contribution in [0.3, 0.4) is 0 Å². The van der Waals surface area contributed by atoms with E-state index in [1.54, 1.807) is 0 Å². The Bertz CT molecular complexity index is 279. The van der Waals surface area contributed by atoms with E-state index in [0.29, 0.717) is 17.9 Å². The largest absolute Gasteiger partial charge is 0.339 e. The van der Waals surface area contributed by atoms with Gasteiger partial charge in [0.2, 0.25) is 5.91 Å². The minimum atomic E-state index is 0.0940. The molecule has 0 aromatic carbocycles. The van der Waals surface area contributed by atoms with Gasteiger partial charge in [0.05, 0.1) is 5.92 Å². The van der Waals surface area contributed by atoms with Gasteiger partial charge >= 0.3 is 0 Å². The molecule has 3 nitrogen and oxygen atoms in total. The number of likely N-dealkylation sites (tertiary alicyclic amines) is 1. The number of hydrogen-bond acceptors (Lipinski definition) is 2. The number of hydrogen-bond donors (Lipinski definition) is 1. The van der Waals surface area contributed by atoms with Crippen molar-refractivity contribution in [1.29, 1.82) is 0 Å². The summed E-state index contributed by atoms with van der Waals surface area (Å²) in [6.07, 6.45) is 6.78. The zero-order chi connectivity index (χ0) is 12.4. The molecule has 3 heteroatoms. The van der Waals surface area contributed by atoms with Crippen LogP contribution in [-0.4, -0.2) is 29.4 Å². The van der Waals surface area contributed by atoms with Gasteiger partial charge in [-0.2, -0.15) is 0 Å². The lowest BCUT2D eigenvalue weighted by Crippen LogP contribution is -2.51. The molecule has 4 atom stereocenters. The molecule has 0 aromatic rings. The Morgan fingerprint density at radius 2 is 1.82 bits per heavy atom. The van der Waals surface area contributed by atoms with Crippen LogP contribution in [-0.2, 0) is 4.79 Å². The van der Waals surface area contributed by atoms with E-state index in [0.717, 1.165) is 25.8 Å². The van der Waals surface area contributed by atoms with Gasteiger partial charge in [0.15, 0.2) is 0 Å². The second-order valence-corrected chi connectivity index (χ2v) is 6.08. The Kier molecular flexibility index (Phi) is 4.08. The second kappa shape index (κ2) is 5.38. The van der Waals surface area contributed by atoms with Crippen molar-refractivity contribution in [2.24, 2.45) is 17.6 Å². The van der Waals surface area contributed by atoms with Gasteiger partial charge in [0.1, 0.15) is 0 Å². The minimum absolute atomic E-state index is 0.0940. The summed E-state index contributed by atoms with van der Waals surface area (Å²) in [5.41, 5.74) is 6.12. The summed E-state index contributed by atoms with van der Waals surface area (Å²) < 4.78 is 0. The summed E-state index contributed by atoms with van der Waals surface area (Å²) in [5.74, 6) is 1.07. The van der Waals surface area contributed by atoms with E-state index < -0.39 is 0 Å². The van der Waals surface area contributed by atoms with Crippen LogP contribution in [0.25, 0.3) is 0 Å². The number of nitrogens with two attached hydrogens (primary N) is 1. The fourth-order valence-electron chi connectivity index (χ4n) is 3.27. The molecule has 1 aliphatic heterocycles. The molecule has 2 rings (SSSR count). The maximum absolute atomic E-state index is 12.6. The first kappa shape index (κ1) is 12.9. The molecule has 0 bridgehead atoms. The molecule has 1 heterocycles. The van der Waals surface area contributed by atoms with Gasteiger partial charge in [-0.05, 0) is 38.5 Å². The fourth-order valence-corrected chi connectivity index (χ4v) is 3.27. The molecule has 1 amide bonds. The van der Waals surface area contributed by atoms with Crippen molar-refractivity contribution in [3.05, 3.63) is 0 Å². The first-order chi connectivity index (χ1) is 8.09. The quantitative estimate of drug-likeness (QED) is 0.761. The van der Waals surface area contributed by atoms with E-state index in [1.165, 1.54) is 19.3 Å². The highest BCUT2D eigenvalue weighted by Crippen LogP contribution is 2.29. The van der Waals surface area contributed by atoms with Crippen LogP contribution in [0.4, 0.5) is 0 Å². The van der Waals surface area contributed by atoms with Crippen molar-refractivity contribution in [1.82, 2.24) is 4.90 Å². The van der Waals surface area contributed by atoms with E-state index in [9.17, 15) is 4.79 Å². The lowest BCUT2D eigenvalue weighted by atomic mass is 9.83. The molecule has 98 valence electrons. The summed E-state index contributed by atoms with van der Waals surface area (Å²) >= 11 is 0. The molecule has 17 heavy (non-hydrogen) atoms. The molecular formula is C14H26N2O. The zero-order valence-corrected chi connectivity index (χ0v) is 11.2. The van der Waals surface area contributed by atoms with Gasteiger partial charge in [-0.3, -0.25) is 4.79 Å². The molecular weight excluding hydrogens is 212 g/mol. The predicted molar refractivity (Wildman–Crippen MR) is 69.5 cm³/mol. The van der Waals surface area contributed by atoms with Gasteiger partial charge in [-0.1, -0.05) is 19.8 Å². The maximum Gasteiger partial charge on any atom is 0.227 e. The molecule has 1 aliphatic carbocycles. The van der Waals surface area contributed by atoms with Gasteiger partial charge in [0.25, 0.3) is 0 Å². The van der Waals surface area contributed by atoms with Crippen LogP contribution in [0.5, 0.6) is 0 Å². The van der Waals surface area contributed by atoms with Crippen molar-refractivity contribution >= 4 is 5.91 Å². The first-order valence-electron chi connectivity index (χ1n) is 7.15. The highest BCUT2D eigenvalue weighted by Gasteiger charge is 2.35. The summed E-state index contributed by atoms with van der Waals surface area (Å²) in [6.45, 7) is 5.36. The highest BCUT2D eigenvalue weighted by molar-refractivity contribution is 5.80. The van der Waals surface area contributed by atoms with Crippen LogP contribution in [0.15, 0.2) is 0 Å². The third-order valence-electron chi connectivity index (χ3n) is 4.54. The van der Waals surface area contributed by atoms with Crippen LogP contribution in [0.2, 0.25) is 0 Å². The second-order valence-electron chi connectivity index (χ2n) is 6.08. The lowest BCUT2D eigenvalue weighted by molar-refractivity contribution is -0.141. The summed E-state index contributed by atoms with van der Waals surface area (Å²) in [4.78, 5) is 14.7. The Morgan fingerprint density at radius 3 is 2.53 bits per heavy atom. The molecule has 2 aliphatic rings. The van der Waals surface area contributed by atoms with E-state index in [4.69, 9.17) is 5.73 Å². The van der Waals surface area contributed by atoms with E-state index in [-0.39, 0.29) is 12.0 Å². The Labute approximate surface area is 105 Å². The Hall–Kier alpha value is -0.570. The number of rotatable bonds is 1. The number of piperidine rings is 1. The monoisotopic (exact) mass is 238 g/mol. The van der Waals surface area contributed by atoms with Gasteiger partial charge in [-0.15, -0.1) is 0 Å². The van der Waals surface area contributed by atoms with Gasteiger partial charge in [0, 0.05) is 18.6 Å². The minimum Gasteiger partial charge on any atom is -0.339 e. The van der Waals surface area contributed by atoms with Gasteiger partial charge < -0.3 is 10.6 Å². The van der Waals surface area contributed by atoms with E-state index >= 15 is 0 Å². The average molecular weight is 238 g/mol. The Morgan fingerprint density at radius 1 is 1.12 bits per heavy atom. The smallest absolute Gasteiger partial charge is 0.227 e. The number of carbonyl (C=O) groups is 1. The predicted octanol–water partition coefficient (Wildman–Crippen LogP) is 2.15. The van der Waals surface area contributed by atoms with Crippen molar-refractivity contribution in [3.8, 4) is 0 Å². The van der Waals surface area contributed by atoms with Gasteiger partial charge in [-0.25, -0.2) is 0 Å². The molecule has 4 unspecified atom stereocenters. The summed E-state index contributed by atoms with van der Waals surface area (Å²) in [7, 11) is 0. The summed E-state index contributed by atoms with van der Waals surface area (Å²) in [6, 6.07) is 0.508. The average Bonchev–Trinajstić information content (AvgIpc) is 2.32. The number of carbonyl (C=O) groups excluding carboxylic acids is 1. The standard InChI is InChI=1S/C14H26N2O/c1-10-7-8-11(2)16(9-10)14(17)12-5-3-4-6-13(12)15/h10-13H,3-9,15H2,1-2H3. The zero-order valence-electron chi connectivity index (χ0n) is 11.2.